The second kappa shape index (κ2) is 7.67. The molecule has 0 unspecified atom stereocenters. The molecule has 0 aliphatic carbocycles. The van der Waals surface area contributed by atoms with Crippen molar-refractivity contribution < 1.29 is 9.47 Å². The van der Waals surface area contributed by atoms with Gasteiger partial charge in [0.1, 0.15) is 11.5 Å². The Balaban J connectivity index is 2.26. The van der Waals surface area contributed by atoms with E-state index in [1.807, 2.05) is 24.3 Å². The summed E-state index contributed by atoms with van der Waals surface area (Å²) in [6.07, 6.45) is 0. The van der Waals surface area contributed by atoms with Crippen molar-refractivity contribution in [2.75, 3.05) is 27.3 Å². The minimum absolute atomic E-state index is 0.102. The van der Waals surface area contributed by atoms with E-state index < -0.39 is 0 Å². The molecule has 0 saturated heterocycles. The molecular formula is C17H22N2O2. The molecule has 0 heterocycles. The van der Waals surface area contributed by atoms with E-state index in [1.165, 1.54) is 11.1 Å². The maximum Gasteiger partial charge on any atom is 0.118 e. The van der Waals surface area contributed by atoms with Gasteiger partial charge in [-0.05, 0) is 35.4 Å². The predicted octanol–water partition coefficient (Wildman–Crippen LogP) is 2.34. The van der Waals surface area contributed by atoms with Crippen LogP contribution in [0.5, 0.6) is 11.5 Å². The Hall–Kier alpha value is -2.04. The van der Waals surface area contributed by atoms with Crippen molar-refractivity contribution in [3.63, 3.8) is 0 Å². The van der Waals surface area contributed by atoms with E-state index in [0.717, 1.165) is 18.0 Å². The lowest BCUT2D eigenvalue weighted by Gasteiger charge is -2.20. The van der Waals surface area contributed by atoms with E-state index in [9.17, 15) is 0 Å². The Kier molecular flexibility index (Phi) is 5.60. The topological polar surface area (TPSA) is 56.5 Å². The molecule has 2 aromatic carbocycles. The number of hydrogen-bond acceptors (Lipinski definition) is 4. The zero-order chi connectivity index (χ0) is 15.1. The van der Waals surface area contributed by atoms with E-state index in [2.05, 4.69) is 29.6 Å². The average Bonchev–Trinajstić information content (AvgIpc) is 2.56. The van der Waals surface area contributed by atoms with Crippen molar-refractivity contribution in [3.05, 3.63) is 59.7 Å². The molecule has 0 fully saturated rings. The number of methoxy groups -OCH3 is 2. The second-order valence-corrected chi connectivity index (χ2v) is 4.72. The summed E-state index contributed by atoms with van der Waals surface area (Å²) >= 11 is 0. The van der Waals surface area contributed by atoms with Crippen LogP contribution in [0.25, 0.3) is 0 Å². The monoisotopic (exact) mass is 286 g/mol. The van der Waals surface area contributed by atoms with Crippen LogP contribution in [-0.4, -0.2) is 27.3 Å². The number of nitrogens with two attached hydrogens (primary N) is 1. The molecule has 21 heavy (non-hydrogen) atoms. The van der Waals surface area contributed by atoms with Crippen LogP contribution in [0.2, 0.25) is 0 Å². The molecular weight excluding hydrogens is 264 g/mol. The van der Waals surface area contributed by atoms with Gasteiger partial charge in [-0.3, -0.25) is 0 Å². The molecule has 0 aliphatic rings. The first-order valence-electron chi connectivity index (χ1n) is 7.00. The van der Waals surface area contributed by atoms with E-state index in [0.29, 0.717) is 6.54 Å². The molecule has 0 aliphatic heterocycles. The lowest BCUT2D eigenvalue weighted by Crippen LogP contribution is -2.28. The van der Waals surface area contributed by atoms with Gasteiger partial charge in [-0.2, -0.15) is 0 Å². The highest BCUT2D eigenvalue weighted by Gasteiger charge is 2.13. The first kappa shape index (κ1) is 15.4. The summed E-state index contributed by atoms with van der Waals surface area (Å²) < 4.78 is 10.4. The summed E-state index contributed by atoms with van der Waals surface area (Å²) in [6, 6.07) is 16.2. The van der Waals surface area contributed by atoms with Crippen molar-refractivity contribution >= 4 is 0 Å². The highest BCUT2D eigenvalue weighted by Crippen LogP contribution is 2.25. The highest BCUT2D eigenvalue weighted by molar-refractivity contribution is 5.37. The van der Waals surface area contributed by atoms with Crippen molar-refractivity contribution in [2.45, 2.75) is 6.04 Å². The maximum absolute atomic E-state index is 5.62. The molecule has 0 spiro atoms. The Morgan fingerprint density at radius 1 is 0.857 bits per heavy atom. The van der Waals surface area contributed by atoms with Gasteiger partial charge in [0.2, 0.25) is 0 Å². The summed E-state index contributed by atoms with van der Waals surface area (Å²) in [4.78, 5) is 0. The van der Waals surface area contributed by atoms with Crippen molar-refractivity contribution in [2.24, 2.45) is 5.73 Å². The molecule has 2 aromatic rings. The van der Waals surface area contributed by atoms with Crippen LogP contribution < -0.4 is 20.5 Å². The fourth-order valence-corrected chi connectivity index (χ4v) is 2.25. The molecule has 4 heteroatoms. The molecule has 0 radical (unpaired) electrons. The zero-order valence-corrected chi connectivity index (χ0v) is 12.5. The average molecular weight is 286 g/mol. The summed E-state index contributed by atoms with van der Waals surface area (Å²) in [5, 5.41) is 3.47. The lowest BCUT2D eigenvalue weighted by atomic mass is 9.98. The van der Waals surface area contributed by atoms with Crippen LogP contribution in [0.3, 0.4) is 0 Å². The minimum atomic E-state index is 0.102. The van der Waals surface area contributed by atoms with Crippen molar-refractivity contribution in [1.29, 1.82) is 0 Å². The quantitative estimate of drug-likeness (QED) is 0.820. The largest absolute Gasteiger partial charge is 0.497 e. The second-order valence-electron chi connectivity index (χ2n) is 4.72. The first-order valence-corrected chi connectivity index (χ1v) is 7.00. The maximum atomic E-state index is 5.62. The Labute approximate surface area is 125 Å². The minimum Gasteiger partial charge on any atom is -0.497 e. The summed E-state index contributed by atoms with van der Waals surface area (Å²) in [5.74, 6) is 1.71. The van der Waals surface area contributed by atoms with Gasteiger partial charge in [0.25, 0.3) is 0 Å². The number of hydrogen-bond donors (Lipinski definition) is 2. The SMILES string of the molecule is COc1ccc(C(NCCN)c2ccc(OC)cc2)cc1. The van der Waals surface area contributed by atoms with E-state index >= 15 is 0 Å². The fourth-order valence-electron chi connectivity index (χ4n) is 2.25. The van der Waals surface area contributed by atoms with Gasteiger partial charge in [-0.15, -0.1) is 0 Å². The van der Waals surface area contributed by atoms with Crippen molar-refractivity contribution in [1.82, 2.24) is 5.32 Å². The highest BCUT2D eigenvalue weighted by atomic mass is 16.5. The summed E-state index contributed by atoms with van der Waals surface area (Å²) in [5.41, 5.74) is 7.97. The fraction of sp³-hybridized carbons (Fsp3) is 0.294. The molecule has 0 aromatic heterocycles. The molecule has 0 atom stereocenters. The molecule has 4 nitrogen and oxygen atoms in total. The standard InChI is InChI=1S/C17H22N2O2/c1-20-15-7-3-13(4-8-15)17(19-12-11-18)14-5-9-16(21-2)10-6-14/h3-10,17,19H,11-12,18H2,1-2H3. The Bertz CT molecular complexity index is 490. The third kappa shape index (κ3) is 3.97. The van der Waals surface area contributed by atoms with Gasteiger partial charge in [0, 0.05) is 13.1 Å². The molecule has 0 amide bonds. The van der Waals surface area contributed by atoms with Gasteiger partial charge in [-0.25, -0.2) is 0 Å². The van der Waals surface area contributed by atoms with Gasteiger partial charge in [0.05, 0.1) is 20.3 Å². The smallest absolute Gasteiger partial charge is 0.118 e. The molecule has 0 saturated carbocycles. The van der Waals surface area contributed by atoms with Crippen molar-refractivity contribution in [3.8, 4) is 11.5 Å². The number of nitrogens with one attached hydrogen (secondary N) is 1. The summed E-state index contributed by atoms with van der Waals surface area (Å²) in [6.45, 7) is 1.35. The van der Waals surface area contributed by atoms with Crippen LogP contribution in [0, 0.1) is 0 Å². The number of benzene rings is 2. The van der Waals surface area contributed by atoms with Gasteiger partial charge in [-0.1, -0.05) is 24.3 Å². The Morgan fingerprint density at radius 2 is 1.29 bits per heavy atom. The lowest BCUT2D eigenvalue weighted by molar-refractivity contribution is 0.414. The van der Waals surface area contributed by atoms with Crippen LogP contribution in [0.4, 0.5) is 0 Å². The molecule has 112 valence electrons. The molecule has 2 rings (SSSR count). The molecule has 0 bridgehead atoms. The van der Waals surface area contributed by atoms with Crippen LogP contribution in [0.15, 0.2) is 48.5 Å². The predicted molar refractivity (Wildman–Crippen MR) is 84.9 cm³/mol. The third-order valence-corrected chi connectivity index (χ3v) is 3.39. The summed E-state index contributed by atoms with van der Waals surface area (Å²) in [7, 11) is 3.34. The number of rotatable bonds is 7. The normalized spacial score (nSPS) is 10.7. The van der Waals surface area contributed by atoms with Gasteiger partial charge < -0.3 is 20.5 Å². The van der Waals surface area contributed by atoms with Gasteiger partial charge >= 0.3 is 0 Å². The van der Waals surface area contributed by atoms with Crippen LogP contribution in [0.1, 0.15) is 17.2 Å². The van der Waals surface area contributed by atoms with Gasteiger partial charge in [0.15, 0.2) is 0 Å². The van der Waals surface area contributed by atoms with Crippen LogP contribution in [-0.2, 0) is 0 Å². The van der Waals surface area contributed by atoms with Crippen LogP contribution >= 0.6 is 0 Å². The number of ether oxygens (including phenoxy) is 2. The third-order valence-electron chi connectivity index (χ3n) is 3.39. The Morgan fingerprint density at radius 3 is 1.62 bits per heavy atom. The molecule has 3 N–H and O–H groups in total. The zero-order valence-electron chi connectivity index (χ0n) is 12.5. The van der Waals surface area contributed by atoms with E-state index in [-0.39, 0.29) is 6.04 Å². The van der Waals surface area contributed by atoms with E-state index in [1.54, 1.807) is 14.2 Å². The van der Waals surface area contributed by atoms with E-state index in [4.69, 9.17) is 15.2 Å². The first-order chi connectivity index (χ1) is 10.3.